The number of nitrogens with one attached hydrogen (secondary N) is 1. The predicted molar refractivity (Wildman–Crippen MR) is 85.4 cm³/mol. The SMILES string of the molecule is CCC1(C(=O)N(C)Cc2cccc(Cl)c2)CCCN1.Cl. The number of carbonyl (C=O) groups excluding carboxylic acids is 1. The highest BCUT2D eigenvalue weighted by atomic mass is 35.5. The molecule has 5 heteroatoms. The van der Waals surface area contributed by atoms with Gasteiger partial charge in [-0.15, -0.1) is 12.4 Å². The van der Waals surface area contributed by atoms with E-state index in [4.69, 9.17) is 11.6 Å². The zero-order valence-electron chi connectivity index (χ0n) is 12.0. The van der Waals surface area contributed by atoms with Gasteiger partial charge in [0.25, 0.3) is 0 Å². The molecule has 3 nitrogen and oxygen atoms in total. The predicted octanol–water partition coefficient (Wildman–Crippen LogP) is 3.25. The van der Waals surface area contributed by atoms with E-state index < -0.39 is 0 Å². The van der Waals surface area contributed by atoms with Crippen molar-refractivity contribution >= 4 is 29.9 Å². The van der Waals surface area contributed by atoms with E-state index in [9.17, 15) is 4.79 Å². The number of benzene rings is 1. The van der Waals surface area contributed by atoms with Crippen LogP contribution in [0.4, 0.5) is 0 Å². The maximum absolute atomic E-state index is 12.6. The van der Waals surface area contributed by atoms with E-state index in [2.05, 4.69) is 12.2 Å². The number of carbonyl (C=O) groups is 1. The molecule has 1 aliphatic heterocycles. The Bertz CT molecular complexity index is 459. The fraction of sp³-hybridized carbons (Fsp3) is 0.533. The van der Waals surface area contributed by atoms with Crippen LogP contribution in [-0.4, -0.2) is 29.9 Å². The largest absolute Gasteiger partial charge is 0.340 e. The fourth-order valence-electron chi connectivity index (χ4n) is 2.79. The molecule has 0 saturated carbocycles. The van der Waals surface area contributed by atoms with Crippen LogP contribution >= 0.6 is 24.0 Å². The van der Waals surface area contributed by atoms with Gasteiger partial charge in [0, 0.05) is 18.6 Å². The minimum atomic E-state index is -0.354. The number of amides is 1. The Kier molecular flexibility index (Phi) is 6.31. The van der Waals surface area contributed by atoms with Crippen molar-refractivity contribution in [3.05, 3.63) is 34.9 Å². The van der Waals surface area contributed by atoms with Crippen LogP contribution in [0.2, 0.25) is 5.02 Å². The quantitative estimate of drug-likeness (QED) is 0.924. The standard InChI is InChI=1S/C15H21ClN2O.ClH/c1-3-15(8-5-9-17-15)14(19)18(2)11-12-6-4-7-13(16)10-12;/h4,6-7,10,17H,3,5,8-9,11H2,1-2H3;1H. The minimum Gasteiger partial charge on any atom is -0.340 e. The van der Waals surface area contributed by atoms with Crippen LogP contribution in [-0.2, 0) is 11.3 Å². The Labute approximate surface area is 132 Å². The Hall–Kier alpha value is -0.770. The molecule has 1 aliphatic rings. The summed E-state index contributed by atoms with van der Waals surface area (Å²) in [7, 11) is 1.86. The third-order valence-corrected chi connectivity index (χ3v) is 4.15. The topological polar surface area (TPSA) is 32.3 Å². The molecule has 1 heterocycles. The van der Waals surface area contributed by atoms with Gasteiger partial charge >= 0.3 is 0 Å². The van der Waals surface area contributed by atoms with Gasteiger partial charge in [0.1, 0.15) is 0 Å². The second-order valence-corrected chi connectivity index (χ2v) is 5.69. The summed E-state index contributed by atoms with van der Waals surface area (Å²) in [6.07, 6.45) is 2.85. The molecule has 1 aromatic rings. The zero-order valence-corrected chi connectivity index (χ0v) is 13.6. The van der Waals surface area contributed by atoms with Gasteiger partial charge < -0.3 is 10.2 Å². The van der Waals surface area contributed by atoms with Crippen molar-refractivity contribution in [1.29, 1.82) is 0 Å². The molecule has 0 aliphatic carbocycles. The van der Waals surface area contributed by atoms with Crippen LogP contribution in [0.15, 0.2) is 24.3 Å². The van der Waals surface area contributed by atoms with Crippen LogP contribution in [0.1, 0.15) is 31.7 Å². The van der Waals surface area contributed by atoms with Crippen LogP contribution in [0.25, 0.3) is 0 Å². The second-order valence-electron chi connectivity index (χ2n) is 5.26. The van der Waals surface area contributed by atoms with Crippen molar-refractivity contribution < 1.29 is 4.79 Å². The second kappa shape index (κ2) is 7.30. The lowest BCUT2D eigenvalue weighted by Gasteiger charge is -2.32. The molecule has 1 aromatic carbocycles. The van der Waals surface area contributed by atoms with Crippen LogP contribution in [0, 0.1) is 0 Å². The van der Waals surface area contributed by atoms with Crippen molar-refractivity contribution in [1.82, 2.24) is 10.2 Å². The Balaban J connectivity index is 0.00000200. The first-order valence-corrected chi connectivity index (χ1v) is 7.20. The number of rotatable bonds is 4. The maximum atomic E-state index is 12.6. The Morgan fingerprint density at radius 1 is 1.50 bits per heavy atom. The molecular weight excluding hydrogens is 295 g/mol. The minimum absolute atomic E-state index is 0. The van der Waals surface area contributed by atoms with Crippen molar-refractivity contribution in [3.8, 4) is 0 Å². The number of likely N-dealkylation sites (N-methyl/N-ethyl adjacent to an activating group) is 1. The molecule has 0 aromatic heterocycles. The molecule has 1 amide bonds. The highest BCUT2D eigenvalue weighted by molar-refractivity contribution is 6.30. The number of halogens is 2. The highest BCUT2D eigenvalue weighted by Gasteiger charge is 2.40. The third-order valence-electron chi connectivity index (χ3n) is 3.91. The summed E-state index contributed by atoms with van der Waals surface area (Å²) < 4.78 is 0. The van der Waals surface area contributed by atoms with E-state index in [-0.39, 0.29) is 23.9 Å². The Morgan fingerprint density at radius 2 is 2.25 bits per heavy atom. The molecule has 0 radical (unpaired) electrons. The molecule has 1 N–H and O–H groups in total. The monoisotopic (exact) mass is 316 g/mol. The zero-order chi connectivity index (χ0) is 13.9. The van der Waals surface area contributed by atoms with E-state index in [1.54, 1.807) is 4.90 Å². The Morgan fingerprint density at radius 3 is 2.80 bits per heavy atom. The first-order chi connectivity index (χ1) is 9.07. The van der Waals surface area contributed by atoms with Gasteiger partial charge in [-0.3, -0.25) is 4.79 Å². The molecule has 0 bridgehead atoms. The van der Waals surface area contributed by atoms with Crippen LogP contribution in [0.3, 0.4) is 0 Å². The van der Waals surface area contributed by atoms with Crippen LogP contribution < -0.4 is 5.32 Å². The van der Waals surface area contributed by atoms with Gasteiger partial charge in [-0.25, -0.2) is 0 Å². The van der Waals surface area contributed by atoms with E-state index in [0.29, 0.717) is 11.6 Å². The summed E-state index contributed by atoms with van der Waals surface area (Å²) in [5, 5.41) is 4.09. The first kappa shape index (κ1) is 17.3. The summed E-state index contributed by atoms with van der Waals surface area (Å²) >= 11 is 5.97. The molecular formula is C15H22Cl2N2O. The van der Waals surface area contributed by atoms with Gasteiger partial charge in [-0.05, 0) is 43.5 Å². The van der Waals surface area contributed by atoms with Gasteiger partial charge in [0.15, 0.2) is 0 Å². The molecule has 1 fully saturated rings. The first-order valence-electron chi connectivity index (χ1n) is 6.82. The lowest BCUT2D eigenvalue weighted by atomic mass is 9.92. The average molecular weight is 317 g/mol. The third kappa shape index (κ3) is 3.66. The number of nitrogens with zero attached hydrogens (tertiary/aromatic N) is 1. The smallest absolute Gasteiger partial charge is 0.242 e. The number of hydrogen-bond donors (Lipinski definition) is 1. The molecule has 1 unspecified atom stereocenters. The molecule has 0 spiro atoms. The van der Waals surface area contributed by atoms with Crippen molar-refractivity contribution in [3.63, 3.8) is 0 Å². The molecule has 1 saturated heterocycles. The maximum Gasteiger partial charge on any atom is 0.242 e. The molecule has 20 heavy (non-hydrogen) atoms. The lowest BCUT2D eigenvalue weighted by molar-refractivity contribution is -0.137. The van der Waals surface area contributed by atoms with E-state index in [0.717, 1.165) is 31.4 Å². The van der Waals surface area contributed by atoms with Crippen molar-refractivity contribution in [2.24, 2.45) is 0 Å². The lowest BCUT2D eigenvalue weighted by Crippen LogP contribution is -2.53. The van der Waals surface area contributed by atoms with E-state index in [1.807, 2.05) is 31.3 Å². The van der Waals surface area contributed by atoms with Gasteiger partial charge in [-0.1, -0.05) is 30.7 Å². The molecule has 1 atom stereocenters. The van der Waals surface area contributed by atoms with Gasteiger partial charge in [0.2, 0.25) is 5.91 Å². The fourth-order valence-corrected chi connectivity index (χ4v) is 3.00. The van der Waals surface area contributed by atoms with Crippen LogP contribution in [0.5, 0.6) is 0 Å². The van der Waals surface area contributed by atoms with E-state index >= 15 is 0 Å². The summed E-state index contributed by atoms with van der Waals surface area (Å²) in [5.41, 5.74) is 0.709. The summed E-state index contributed by atoms with van der Waals surface area (Å²) in [6, 6.07) is 7.67. The summed E-state index contributed by atoms with van der Waals surface area (Å²) in [4.78, 5) is 14.4. The summed E-state index contributed by atoms with van der Waals surface area (Å²) in [5.74, 6) is 0.187. The van der Waals surface area contributed by atoms with Gasteiger partial charge in [0.05, 0.1) is 5.54 Å². The molecule has 2 rings (SSSR count). The summed E-state index contributed by atoms with van der Waals surface area (Å²) in [6.45, 7) is 3.61. The van der Waals surface area contributed by atoms with Gasteiger partial charge in [-0.2, -0.15) is 0 Å². The highest BCUT2D eigenvalue weighted by Crippen LogP contribution is 2.25. The number of hydrogen-bond acceptors (Lipinski definition) is 2. The van der Waals surface area contributed by atoms with Crippen molar-refractivity contribution in [2.45, 2.75) is 38.3 Å². The normalized spacial score (nSPS) is 21.4. The van der Waals surface area contributed by atoms with E-state index in [1.165, 1.54) is 0 Å². The average Bonchev–Trinajstić information content (AvgIpc) is 2.87. The van der Waals surface area contributed by atoms with Crippen molar-refractivity contribution in [2.75, 3.05) is 13.6 Å². The molecule has 112 valence electrons.